The number of hydrogen-bond acceptors (Lipinski definition) is 3. The van der Waals surface area contributed by atoms with Gasteiger partial charge in [0.1, 0.15) is 12.4 Å². The van der Waals surface area contributed by atoms with Crippen LogP contribution in [-0.4, -0.2) is 18.1 Å². The van der Waals surface area contributed by atoms with Crippen LogP contribution in [0.4, 0.5) is 0 Å². The summed E-state index contributed by atoms with van der Waals surface area (Å²) >= 11 is 0. The van der Waals surface area contributed by atoms with Crippen molar-refractivity contribution in [1.29, 1.82) is 0 Å². The molecule has 1 aromatic rings. The molecule has 3 nitrogen and oxygen atoms in total. The summed E-state index contributed by atoms with van der Waals surface area (Å²) < 4.78 is 5.30. The van der Waals surface area contributed by atoms with E-state index >= 15 is 0 Å². The highest BCUT2D eigenvalue weighted by Crippen LogP contribution is 2.12. The fraction of sp³-hybridized carbons (Fsp3) is 0.375. The first-order valence-corrected chi connectivity index (χ1v) is 3.59. The van der Waals surface area contributed by atoms with Crippen molar-refractivity contribution in [3.8, 4) is 5.75 Å². The number of hydrogen-bond donors (Lipinski definition) is 1. The molecule has 4 heteroatoms. The van der Waals surface area contributed by atoms with Crippen LogP contribution in [0.15, 0.2) is 18.3 Å². The summed E-state index contributed by atoms with van der Waals surface area (Å²) in [6.45, 7) is 2.99. The van der Waals surface area contributed by atoms with E-state index < -0.39 is 0 Å². The minimum atomic E-state index is 0. The first-order chi connectivity index (χ1) is 5.34. The van der Waals surface area contributed by atoms with Crippen LogP contribution in [0.2, 0.25) is 0 Å². The first kappa shape index (κ1) is 11.2. The van der Waals surface area contributed by atoms with Crippen LogP contribution in [0.25, 0.3) is 0 Å². The van der Waals surface area contributed by atoms with Gasteiger partial charge in [-0.25, -0.2) is 0 Å². The third kappa shape index (κ3) is 3.07. The molecule has 2 N–H and O–H groups in total. The number of pyridine rings is 1. The zero-order chi connectivity index (χ0) is 8.10. The number of ether oxygens (including phenoxy) is 1. The second-order valence-electron chi connectivity index (χ2n) is 2.22. The summed E-state index contributed by atoms with van der Waals surface area (Å²) in [7, 11) is 0. The van der Waals surface area contributed by atoms with Gasteiger partial charge < -0.3 is 10.5 Å². The lowest BCUT2D eigenvalue weighted by molar-refractivity contribution is 0.324. The monoisotopic (exact) mass is 188 g/mol. The number of rotatable bonds is 3. The van der Waals surface area contributed by atoms with Gasteiger partial charge in [-0.2, -0.15) is 0 Å². The Morgan fingerprint density at radius 1 is 1.58 bits per heavy atom. The zero-order valence-corrected chi connectivity index (χ0v) is 7.80. The number of aromatic nitrogens is 1. The Hall–Kier alpha value is -0.800. The summed E-state index contributed by atoms with van der Waals surface area (Å²) in [4.78, 5) is 4.07. The van der Waals surface area contributed by atoms with Gasteiger partial charge in [0.2, 0.25) is 0 Å². The molecule has 0 aromatic carbocycles. The summed E-state index contributed by atoms with van der Waals surface area (Å²) in [6.07, 6.45) is 1.74. The predicted octanol–water partition coefficient (Wildman–Crippen LogP) is 1.15. The van der Waals surface area contributed by atoms with Crippen LogP contribution in [-0.2, 0) is 0 Å². The Bertz CT molecular complexity index is 230. The average molecular weight is 189 g/mol. The van der Waals surface area contributed by atoms with E-state index in [2.05, 4.69) is 4.98 Å². The molecule has 1 rings (SSSR count). The molecule has 0 unspecified atom stereocenters. The second kappa shape index (κ2) is 5.80. The minimum absolute atomic E-state index is 0. The Labute approximate surface area is 78.4 Å². The van der Waals surface area contributed by atoms with Crippen molar-refractivity contribution in [2.24, 2.45) is 5.73 Å². The normalized spacial score (nSPS) is 8.83. The molecule has 1 aromatic heterocycles. The van der Waals surface area contributed by atoms with Crippen LogP contribution in [0, 0.1) is 6.92 Å². The Morgan fingerprint density at radius 3 is 2.92 bits per heavy atom. The lowest BCUT2D eigenvalue weighted by Gasteiger charge is -2.05. The van der Waals surface area contributed by atoms with Gasteiger partial charge >= 0.3 is 0 Å². The maximum atomic E-state index is 5.30. The molecule has 0 fully saturated rings. The molecule has 0 saturated heterocycles. The molecule has 0 radical (unpaired) electrons. The van der Waals surface area contributed by atoms with Gasteiger partial charge in [0.25, 0.3) is 0 Å². The van der Waals surface area contributed by atoms with Crippen LogP contribution in [0.5, 0.6) is 5.75 Å². The van der Waals surface area contributed by atoms with Gasteiger partial charge in [-0.1, -0.05) is 0 Å². The Kier molecular flexibility index (Phi) is 5.41. The Balaban J connectivity index is 0.00000121. The van der Waals surface area contributed by atoms with Crippen LogP contribution in [0.3, 0.4) is 0 Å². The van der Waals surface area contributed by atoms with Crippen molar-refractivity contribution in [1.82, 2.24) is 4.98 Å². The molecule has 0 saturated carbocycles. The lowest BCUT2D eigenvalue weighted by Crippen LogP contribution is -2.11. The molecule has 0 aliphatic carbocycles. The van der Waals surface area contributed by atoms with Crippen molar-refractivity contribution in [2.75, 3.05) is 13.2 Å². The molecule has 0 amide bonds. The molecular weight excluding hydrogens is 176 g/mol. The third-order valence-electron chi connectivity index (χ3n) is 1.33. The SMILES string of the molecule is Cc1ncccc1OCCN.Cl. The largest absolute Gasteiger partial charge is 0.490 e. The standard InChI is InChI=1S/C8H12N2O.ClH/c1-7-8(11-6-4-9)3-2-5-10-7;/h2-3,5H,4,6,9H2,1H3;1H. The van der Waals surface area contributed by atoms with Crippen molar-refractivity contribution < 1.29 is 4.74 Å². The fourth-order valence-corrected chi connectivity index (χ4v) is 0.791. The van der Waals surface area contributed by atoms with Crippen LogP contribution in [0.1, 0.15) is 5.69 Å². The quantitative estimate of drug-likeness (QED) is 0.774. The molecule has 12 heavy (non-hydrogen) atoms. The van der Waals surface area contributed by atoms with E-state index in [1.54, 1.807) is 6.20 Å². The summed E-state index contributed by atoms with van der Waals surface area (Å²) in [6, 6.07) is 3.73. The van der Waals surface area contributed by atoms with E-state index in [1.807, 2.05) is 19.1 Å². The van der Waals surface area contributed by atoms with Gasteiger partial charge in [0, 0.05) is 12.7 Å². The van der Waals surface area contributed by atoms with Crippen molar-refractivity contribution in [3.05, 3.63) is 24.0 Å². The lowest BCUT2D eigenvalue weighted by atomic mass is 10.3. The maximum Gasteiger partial charge on any atom is 0.140 e. The van der Waals surface area contributed by atoms with Crippen LogP contribution < -0.4 is 10.5 Å². The van der Waals surface area contributed by atoms with Gasteiger partial charge in [-0.15, -0.1) is 12.4 Å². The van der Waals surface area contributed by atoms with Gasteiger partial charge in [-0.05, 0) is 19.1 Å². The van der Waals surface area contributed by atoms with E-state index in [4.69, 9.17) is 10.5 Å². The third-order valence-corrected chi connectivity index (χ3v) is 1.33. The molecule has 0 spiro atoms. The van der Waals surface area contributed by atoms with E-state index in [0.717, 1.165) is 11.4 Å². The second-order valence-corrected chi connectivity index (χ2v) is 2.22. The zero-order valence-electron chi connectivity index (χ0n) is 6.99. The molecular formula is C8H13ClN2O. The number of aryl methyl sites for hydroxylation is 1. The van der Waals surface area contributed by atoms with E-state index in [0.29, 0.717) is 13.2 Å². The smallest absolute Gasteiger partial charge is 0.140 e. The topological polar surface area (TPSA) is 48.1 Å². The molecule has 1 heterocycles. The van der Waals surface area contributed by atoms with E-state index in [9.17, 15) is 0 Å². The fourth-order valence-electron chi connectivity index (χ4n) is 0.791. The number of nitrogens with two attached hydrogens (primary N) is 1. The molecule has 0 bridgehead atoms. The average Bonchev–Trinajstić information content (AvgIpc) is 2.03. The van der Waals surface area contributed by atoms with Gasteiger partial charge in [-0.3, -0.25) is 4.98 Å². The molecule has 0 aliphatic heterocycles. The van der Waals surface area contributed by atoms with Gasteiger partial charge in [0.15, 0.2) is 0 Å². The highest BCUT2D eigenvalue weighted by Gasteiger charge is 1.96. The highest BCUT2D eigenvalue weighted by molar-refractivity contribution is 5.85. The van der Waals surface area contributed by atoms with Crippen molar-refractivity contribution in [2.45, 2.75) is 6.92 Å². The minimum Gasteiger partial charge on any atom is -0.490 e. The van der Waals surface area contributed by atoms with Crippen molar-refractivity contribution in [3.63, 3.8) is 0 Å². The maximum absolute atomic E-state index is 5.30. The number of nitrogens with zero attached hydrogens (tertiary/aromatic N) is 1. The highest BCUT2D eigenvalue weighted by atomic mass is 35.5. The predicted molar refractivity (Wildman–Crippen MR) is 50.8 cm³/mol. The van der Waals surface area contributed by atoms with Crippen molar-refractivity contribution >= 4 is 12.4 Å². The molecule has 0 atom stereocenters. The summed E-state index contributed by atoms with van der Waals surface area (Å²) in [5, 5.41) is 0. The van der Waals surface area contributed by atoms with E-state index in [1.165, 1.54) is 0 Å². The molecule has 68 valence electrons. The van der Waals surface area contributed by atoms with Crippen LogP contribution >= 0.6 is 12.4 Å². The molecule has 0 aliphatic rings. The Morgan fingerprint density at radius 2 is 2.33 bits per heavy atom. The van der Waals surface area contributed by atoms with E-state index in [-0.39, 0.29) is 12.4 Å². The first-order valence-electron chi connectivity index (χ1n) is 3.59. The summed E-state index contributed by atoms with van der Waals surface area (Å²) in [5.74, 6) is 0.818. The number of halogens is 1. The summed E-state index contributed by atoms with van der Waals surface area (Å²) in [5.41, 5.74) is 6.18. The van der Waals surface area contributed by atoms with Gasteiger partial charge in [0.05, 0.1) is 5.69 Å².